The minimum absolute atomic E-state index is 0. The number of aromatic nitrogens is 4. The third-order valence-corrected chi connectivity index (χ3v) is 12.5. The van der Waals surface area contributed by atoms with Crippen LogP contribution in [0.4, 0.5) is 42.8 Å². The summed E-state index contributed by atoms with van der Waals surface area (Å²) in [7, 11) is -8.05. The van der Waals surface area contributed by atoms with Gasteiger partial charge in [-0.05, 0) is 108 Å². The van der Waals surface area contributed by atoms with Crippen molar-refractivity contribution in [3.05, 3.63) is 58.2 Å². The molecule has 0 spiro atoms. The average molecular weight is 943 g/mol. The lowest BCUT2D eigenvalue weighted by atomic mass is 10.1. The molecule has 344 valence electrons. The zero-order valence-electron chi connectivity index (χ0n) is 35.0. The van der Waals surface area contributed by atoms with Crippen LogP contribution in [-0.4, -0.2) is 109 Å². The monoisotopic (exact) mass is 942 g/mol. The highest BCUT2D eigenvalue weighted by Gasteiger charge is 2.38. The second-order valence-corrected chi connectivity index (χ2v) is 19.0. The van der Waals surface area contributed by atoms with Crippen molar-refractivity contribution in [1.29, 1.82) is 0 Å². The SMILES string of the molecule is Cc1cc2nc(C(F)(F)F)nc(N3CCCN(S(=O)(=O)NC(=O)OC(C)(C)C)CC3)c2cc1C.Cc1cc2nc(C(F)(F)F)nc(N3CCCN(S(N)(=O)=O)CC3)c2cc1C.Cl. The Balaban J connectivity index is 0.000000275. The van der Waals surface area contributed by atoms with Gasteiger partial charge in [0.2, 0.25) is 11.6 Å². The van der Waals surface area contributed by atoms with Crippen LogP contribution in [0.2, 0.25) is 0 Å². The fraction of sp³-hybridized carbons (Fsp3) is 0.541. The average Bonchev–Trinajstić information content (AvgIpc) is 3.53. The Morgan fingerprint density at radius 3 is 1.40 bits per heavy atom. The number of carbonyl (C=O) groups excluding carboxylic acids is 1. The number of benzene rings is 2. The minimum atomic E-state index is -4.74. The molecular formula is C37H49ClF6N10O6S2. The molecule has 16 nitrogen and oxygen atoms in total. The molecule has 3 N–H and O–H groups in total. The van der Waals surface area contributed by atoms with Crippen LogP contribution < -0.4 is 19.7 Å². The van der Waals surface area contributed by atoms with Gasteiger partial charge in [0.05, 0.1) is 11.0 Å². The first-order chi connectivity index (χ1) is 28.0. The Hall–Kier alpha value is -4.36. The summed E-state index contributed by atoms with van der Waals surface area (Å²) >= 11 is 0. The third kappa shape index (κ3) is 12.4. The fourth-order valence-electron chi connectivity index (χ4n) is 6.65. The molecule has 25 heteroatoms. The highest BCUT2D eigenvalue weighted by Crippen LogP contribution is 2.35. The Morgan fingerprint density at radius 2 is 1.02 bits per heavy atom. The van der Waals surface area contributed by atoms with E-state index in [1.807, 2.05) is 18.6 Å². The summed E-state index contributed by atoms with van der Waals surface area (Å²) in [5.74, 6) is -2.20. The maximum absolute atomic E-state index is 13.5. The van der Waals surface area contributed by atoms with Crippen molar-refractivity contribution in [2.75, 3.05) is 62.2 Å². The Bertz CT molecular complexity index is 2530. The van der Waals surface area contributed by atoms with Crippen LogP contribution in [0, 0.1) is 27.7 Å². The molecule has 0 unspecified atom stereocenters. The van der Waals surface area contributed by atoms with Crippen LogP contribution in [-0.2, 0) is 37.5 Å². The number of fused-ring (bicyclic) bond motifs is 2. The third-order valence-electron chi connectivity index (χ3n) is 9.91. The molecule has 0 radical (unpaired) electrons. The van der Waals surface area contributed by atoms with Gasteiger partial charge in [-0.2, -0.15) is 51.8 Å². The van der Waals surface area contributed by atoms with Gasteiger partial charge in [0.25, 0.3) is 10.2 Å². The van der Waals surface area contributed by atoms with Crippen LogP contribution in [0.15, 0.2) is 24.3 Å². The van der Waals surface area contributed by atoms with E-state index in [0.717, 1.165) is 30.9 Å². The van der Waals surface area contributed by atoms with Gasteiger partial charge in [-0.3, -0.25) is 0 Å². The van der Waals surface area contributed by atoms with Crippen molar-refractivity contribution in [1.82, 2.24) is 33.3 Å². The lowest BCUT2D eigenvalue weighted by Gasteiger charge is -2.25. The summed E-state index contributed by atoms with van der Waals surface area (Å²) in [5, 5.41) is 6.14. The number of hydrogen-bond donors (Lipinski definition) is 2. The van der Waals surface area contributed by atoms with Crippen molar-refractivity contribution in [2.45, 2.75) is 79.3 Å². The lowest BCUT2D eigenvalue weighted by Crippen LogP contribution is -2.46. The summed E-state index contributed by atoms with van der Waals surface area (Å²) < 4.78 is 138. The van der Waals surface area contributed by atoms with E-state index in [0.29, 0.717) is 30.2 Å². The van der Waals surface area contributed by atoms with E-state index >= 15 is 0 Å². The molecule has 2 aromatic heterocycles. The topological polar surface area (TPSA) is 197 Å². The molecule has 0 bridgehead atoms. The van der Waals surface area contributed by atoms with E-state index in [1.165, 1.54) is 0 Å². The number of nitrogens with one attached hydrogen (secondary N) is 1. The highest BCUT2D eigenvalue weighted by molar-refractivity contribution is 7.87. The molecule has 4 aromatic rings. The second-order valence-electron chi connectivity index (χ2n) is 15.8. The molecule has 2 aliphatic rings. The van der Waals surface area contributed by atoms with Gasteiger partial charge < -0.3 is 14.5 Å². The van der Waals surface area contributed by atoms with Crippen LogP contribution in [0.3, 0.4) is 0 Å². The highest BCUT2D eigenvalue weighted by atomic mass is 35.5. The molecule has 62 heavy (non-hydrogen) atoms. The lowest BCUT2D eigenvalue weighted by molar-refractivity contribution is -0.145. The molecule has 2 saturated heterocycles. The fourth-order valence-corrected chi connectivity index (χ4v) is 8.45. The number of nitrogens with zero attached hydrogens (tertiary/aromatic N) is 8. The van der Waals surface area contributed by atoms with Gasteiger partial charge in [0, 0.05) is 63.1 Å². The zero-order chi connectivity index (χ0) is 45.5. The largest absolute Gasteiger partial charge is 0.451 e. The first-order valence-corrected chi connectivity index (χ1v) is 22.0. The number of halogens is 7. The summed E-state index contributed by atoms with van der Waals surface area (Å²) in [5.41, 5.74) is 2.91. The van der Waals surface area contributed by atoms with Crippen LogP contribution in [0.5, 0.6) is 0 Å². The minimum Gasteiger partial charge on any atom is -0.443 e. The van der Waals surface area contributed by atoms with Gasteiger partial charge in [-0.1, -0.05) is 0 Å². The molecule has 2 aliphatic heterocycles. The van der Waals surface area contributed by atoms with E-state index in [9.17, 15) is 48.0 Å². The molecule has 0 aliphatic carbocycles. The number of aryl methyl sites for hydroxylation is 4. The summed E-state index contributed by atoms with van der Waals surface area (Å²) in [6.07, 6.45) is -9.78. The van der Waals surface area contributed by atoms with Gasteiger partial charge in [0.15, 0.2) is 0 Å². The van der Waals surface area contributed by atoms with E-state index < -0.39 is 56.1 Å². The van der Waals surface area contributed by atoms with E-state index in [2.05, 4.69) is 19.9 Å². The van der Waals surface area contributed by atoms with Crippen molar-refractivity contribution in [2.24, 2.45) is 5.14 Å². The summed E-state index contributed by atoms with van der Waals surface area (Å²) in [6.45, 7) is 13.3. The molecule has 2 fully saturated rings. The summed E-state index contributed by atoms with van der Waals surface area (Å²) in [6, 6.07) is 6.70. The smallest absolute Gasteiger partial charge is 0.443 e. The molecule has 6 rings (SSSR count). The van der Waals surface area contributed by atoms with Crippen molar-refractivity contribution < 1.29 is 52.7 Å². The molecule has 2 aromatic carbocycles. The maximum Gasteiger partial charge on any atom is 0.451 e. The first-order valence-electron chi connectivity index (χ1n) is 19.0. The second kappa shape index (κ2) is 18.8. The number of alkyl halides is 6. The molecule has 4 heterocycles. The molecule has 0 saturated carbocycles. The Kier molecular flexibility index (Phi) is 15.2. The number of hydrogen-bond acceptors (Lipinski definition) is 12. The summed E-state index contributed by atoms with van der Waals surface area (Å²) in [4.78, 5) is 30.2. The number of ether oxygens (including phenoxy) is 1. The van der Waals surface area contributed by atoms with E-state index in [-0.39, 0.29) is 80.9 Å². The molecular weight excluding hydrogens is 894 g/mol. The van der Waals surface area contributed by atoms with Gasteiger partial charge >= 0.3 is 28.7 Å². The normalized spacial score (nSPS) is 16.5. The van der Waals surface area contributed by atoms with Crippen molar-refractivity contribution >= 4 is 72.4 Å². The number of anilines is 2. The van der Waals surface area contributed by atoms with Gasteiger partial charge in [0.1, 0.15) is 17.2 Å². The first kappa shape index (κ1) is 50.3. The number of rotatable bonds is 5. The number of amides is 1. The molecule has 1 amide bonds. The van der Waals surface area contributed by atoms with E-state index in [4.69, 9.17) is 9.88 Å². The van der Waals surface area contributed by atoms with E-state index in [1.54, 1.807) is 68.7 Å². The van der Waals surface area contributed by atoms with Crippen molar-refractivity contribution in [3.8, 4) is 0 Å². The zero-order valence-corrected chi connectivity index (χ0v) is 37.4. The van der Waals surface area contributed by atoms with Gasteiger partial charge in [-0.25, -0.2) is 34.6 Å². The van der Waals surface area contributed by atoms with Gasteiger partial charge in [-0.15, -0.1) is 12.4 Å². The van der Waals surface area contributed by atoms with Crippen LogP contribution in [0.25, 0.3) is 21.8 Å². The number of carbonyl (C=O) groups is 1. The number of nitrogens with two attached hydrogens (primary N) is 1. The van der Waals surface area contributed by atoms with Crippen LogP contribution >= 0.6 is 12.4 Å². The quantitative estimate of drug-likeness (QED) is 0.224. The van der Waals surface area contributed by atoms with Crippen LogP contribution in [0.1, 0.15) is 67.5 Å². The Morgan fingerprint density at radius 1 is 0.629 bits per heavy atom. The van der Waals surface area contributed by atoms with Crippen molar-refractivity contribution in [3.63, 3.8) is 0 Å². The Labute approximate surface area is 362 Å². The predicted molar refractivity (Wildman–Crippen MR) is 223 cm³/mol. The maximum atomic E-state index is 13.5. The molecule has 0 atom stereocenters. The standard InChI is InChI=1S/C21H28F3N5O4S.C16H20F3N5O2S.ClH/c1-13-11-15-16(12-14(13)2)25-18(21(22,23)24)26-17(15)28-7-6-8-29(10-9-28)34(31,32)27-19(30)33-20(3,4)5;1-10-8-12-13(9-11(10)2)21-15(16(17,18)19)22-14(12)23-4-3-5-24(7-6-23)27(20,25)26;/h11-12H,6-10H2,1-5H3,(H,27,30);8-9H,3-7H2,1-2H3,(H2,20,25,26);1H. The predicted octanol–water partition coefficient (Wildman–Crippen LogP) is 5.95.